The van der Waals surface area contributed by atoms with Crippen molar-refractivity contribution in [1.29, 1.82) is 0 Å². The SMILES string of the molecule is O=C1OC(c2ccccc2)=N/C1=C\c1cc(Br)c(OCC(=O)c2ccccc2)c(Br)c1. The van der Waals surface area contributed by atoms with Crippen LogP contribution in [-0.2, 0) is 9.53 Å². The molecule has 0 saturated carbocycles. The highest BCUT2D eigenvalue weighted by molar-refractivity contribution is 9.11. The number of ketones is 1. The second kappa shape index (κ2) is 9.41. The van der Waals surface area contributed by atoms with Crippen LogP contribution in [-0.4, -0.2) is 24.3 Å². The predicted molar refractivity (Wildman–Crippen MR) is 125 cm³/mol. The first-order chi connectivity index (χ1) is 15.0. The molecule has 1 heterocycles. The van der Waals surface area contributed by atoms with Crippen LogP contribution in [0.15, 0.2) is 92.4 Å². The summed E-state index contributed by atoms with van der Waals surface area (Å²) in [6.07, 6.45) is 1.63. The lowest BCUT2D eigenvalue weighted by atomic mass is 10.1. The Hall–Kier alpha value is -3.03. The molecule has 0 saturated heterocycles. The molecule has 0 aliphatic carbocycles. The summed E-state index contributed by atoms with van der Waals surface area (Å²) in [5, 5.41) is 0. The average Bonchev–Trinajstić information content (AvgIpc) is 3.14. The van der Waals surface area contributed by atoms with Crippen molar-refractivity contribution in [3.05, 3.63) is 104 Å². The highest BCUT2D eigenvalue weighted by Crippen LogP contribution is 2.36. The molecule has 154 valence electrons. The molecule has 4 rings (SSSR count). The standard InChI is InChI=1S/C24H15Br2NO4/c25-18-11-15(13-20-24(29)31-23(27-20)17-9-5-2-6-10-17)12-19(26)22(18)30-14-21(28)16-7-3-1-4-8-16/h1-13H,14H2/b20-13-. The molecule has 0 N–H and O–H groups in total. The Morgan fingerprint density at radius 3 is 2.23 bits per heavy atom. The zero-order valence-corrected chi connectivity index (χ0v) is 19.2. The van der Waals surface area contributed by atoms with Gasteiger partial charge in [-0.15, -0.1) is 0 Å². The number of aliphatic imine (C=N–C) groups is 1. The molecule has 1 aliphatic heterocycles. The number of hydrogen-bond donors (Lipinski definition) is 0. The fourth-order valence-electron chi connectivity index (χ4n) is 2.92. The number of hydrogen-bond acceptors (Lipinski definition) is 5. The Labute approximate surface area is 195 Å². The number of Topliss-reactive ketones (excluding diaryl/α,β-unsaturated/α-hetero) is 1. The third-order valence-corrected chi connectivity index (χ3v) is 5.59. The first-order valence-corrected chi connectivity index (χ1v) is 10.9. The third kappa shape index (κ3) is 5.00. The van der Waals surface area contributed by atoms with Crippen LogP contribution in [0.3, 0.4) is 0 Å². The van der Waals surface area contributed by atoms with Gasteiger partial charge in [0.2, 0.25) is 5.90 Å². The van der Waals surface area contributed by atoms with Crippen molar-refractivity contribution < 1.29 is 19.1 Å². The summed E-state index contributed by atoms with van der Waals surface area (Å²) in [4.78, 5) is 28.8. The molecule has 0 radical (unpaired) electrons. The summed E-state index contributed by atoms with van der Waals surface area (Å²) < 4.78 is 12.3. The van der Waals surface area contributed by atoms with Crippen molar-refractivity contribution in [2.45, 2.75) is 0 Å². The molecule has 31 heavy (non-hydrogen) atoms. The van der Waals surface area contributed by atoms with E-state index in [1.807, 2.05) is 36.4 Å². The first-order valence-electron chi connectivity index (χ1n) is 9.29. The highest BCUT2D eigenvalue weighted by atomic mass is 79.9. The van der Waals surface area contributed by atoms with E-state index < -0.39 is 5.97 Å². The number of benzene rings is 3. The minimum absolute atomic E-state index is 0.0985. The number of rotatable bonds is 6. The summed E-state index contributed by atoms with van der Waals surface area (Å²) >= 11 is 6.94. The average molecular weight is 541 g/mol. The summed E-state index contributed by atoms with van der Waals surface area (Å²) in [5.74, 6) is 0.130. The molecular formula is C24H15Br2NO4. The molecule has 1 aliphatic rings. The van der Waals surface area contributed by atoms with E-state index in [0.29, 0.717) is 25.8 Å². The molecule has 3 aromatic carbocycles. The van der Waals surface area contributed by atoms with Crippen LogP contribution < -0.4 is 4.74 Å². The number of ether oxygens (including phenoxy) is 2. The van der Waals surface area contributed by atoms with Crippen molar-refractivity contribution in [2.75, 3.05) is 6.61 Å². The fraction of sp³-hybridized carbons (Fsp3) is 0.0417. The van der Waals surface area contributed by atoms with Gasteiger partial charge in [-0.3, -0.25) is 4.79 Å². The van der Waals surface area contributed by atoms with E-state index in [1.54, 1.807) is 42.5 Å². The monoisotopic (exact) mass is 539 g/mol. The minimum Gasteiger partial charge on any atom is -0.483 e. The predicted octanol–water partition coefficient (Wildman–Crippen LogP) is 5.82. The zero-order valence-electron chi connectivity index (χ0n) is 16.0. The maximum atomic E-state index is 12.3. The van der Waals surface area contributed by atoms with Gasteiger partial charge >= 0.3 is 5.97 Å². The van der Waals surface area contributed by atoms with Gasteiger partial charge < -0.3 is 9.47 Å². The quantitative estimate of drug-likeness (QED) is 0.224. The second-order valence-corrected chi connectivity index (χ2v) is 8.30. The molecule has 3 aromatic rings. The maximum Gasteiger partial charge on any atom is 0.363 e. The molecule has 5 nitrogen and oxygen atoms in total. The maximum absolute atomic E-state index is 12.3. The smallest absolute Gasteiger partial charge is 0.363 e. The summed E-state index contributed by atoms with van der Waals surface area (Å²) in [6, 6.07) is 21.7. The molecule has 0 atom stereocenters. The summed E-state index contributed by atoms with van der Waals surface area (Å²) in [5.41, 5.74) is 2.23. The topological polar surface area (TPSA) is 65.0 Å². The van der Waals surface area contributed by atoms with Crippen LogP contribution >= 0.6 is 31.9 Å². The molecule has 7 heteroatoms. The van der Waals surface area contributed by atoms with E-state index in [2.05, 4.69) is 36.9 Å². The Morgan fingerprint density at radius 2 is 1.58 bits per heavy atom. The normalized spacial score (nSPS) is 14.3. The lowest BCUT2D eigenvalue weighted by Crippen LogP contribution is -2.12. The largest absolute Gasteiger partial charge is 0.483 e. The molecule has 0 unspecified atom stereocenters. The molecular weight excluding hydrogens is 526 g/mol. The lowest BCUT2D eigenvalue weighted by molar-refractivity contribution is -0.129. The number of esters is 1. The van der Waals surface area contributed by atoms with E-state index in [9.17, 15) is 9.59 Å². The van der Waals surface area contributed by atoms with Crippen LogP contribution in [0.25, 0.3) is 6.08 Å². The first kappa shape index (κ1) is 21.2. The van der Waals surface area contributed by atoms with E-state index in [1.165, 1.54) is 0 Å². The Morgan fingerprint density at radius 1 is 0.968 bits per heavy atom. The van der Waals surface area contributed by atoms with Crippen molar-refractivity contribution in [3.63, 3.8) is 0 Å². The van der Waals surface area contributed by atoms with Gasteiger partial charge in [0.25, 0.3) is 0 Å². The Bertz CT molecular complexity index is 1180. The molecule has 0 bridgehead atoms. The summed E-state index contributed by atoms with van der Waals surface area (Å²) in [7, 11) is 0. The number of cyclic esters (lactones) is 1. The van der Waals surface area contributed by atoms with Gasteiger partial charge in [0.15, 0.2) is 18.1 Å². The van der Waals surface area contributed by atoms with Gasteiger partial charge in [-0.1, -0.05) is 48.5 Å². The molecule has 0 spiro atoms. The van der Waals surface area contributed by atoms with E-state index in [0.717, 1.165) is 5.56 Å². The number of carbonyl (C=O) groups excluding carboxylic acids is 2. The van der Waals surface area contributed by atoms with E-state index in [4.69, 9.17) is 9.47 Å². The van der Waals surface area contributed by atoms with Gasteiger partial charge in [-0.2, -0.15) is 0 Å². The Kier molecular flexibility index (Phi) is 6.44. The van der Waals surface area contributed by atoms with Gasteiger partial charge in [-0.05, 0) is 67.8 Å². The van der Waals surface area contributed by atoms with Gasteiger partial charge in [-0.25, -0.2) is 9.79 Å². The van der Waals surface area contributed by atoms with Crippen LogP contribution in [0.4, 0.5) is 0 Å². The number of nitrogens with zero attached hydrogens (tertiary/aromatic N) is 1. The van der Waals surface area contributed by atoms with Crippen LogP contribution in [0, 0.1) is 0 Å². The second-order valence-electron chi connectivity index (χ2n) is 6.59. The molecule has 0 aromatic heterocycles. The highest BCUT2D eigenvalue weighted by Gasteiger charge is 2.24. The fourth-order valence-corrected chi connectivity index (χ4v) is 4.37. The number of carbonyl (C=O) groups is 2. The van der Waals surface area contributed by atoms with Gasteiger partial charge in [0.05, 0.1) is 8.95 Å². The van der Waals surface area contributed by atoms with Gasteiger partial charge in [0, 0.05) is 11.1 Å². The Balaban J connectivity index is 1.52. The number of halogens is 2. The van der Waals surface area contributed by atoms with Crippen LogP contribution in [0.1, 0.15) is 21.5 Å². The zero-order chi connectivity index (χ0) is 21.8. The van der Waals surface area contributed by atoms with Gasteiger partial charge in [0.1, 0.15) is 5.75 Å². The van der Waals surface area contributed by atoms with Crippen molar-refractivity contribution in [1.82, 2.24) is 0 Å². The lowest BCUT2D eigenvalue weighted by Gasteiger charge is -2.11. The molecule has 0 amide bonds. The third-order valence-electron chi connectivity index (χ3n) is 4.41. The van der Waals surface area contributed by atoms with E-state index >= 15 is 0 Å². The van der Waals surface area contributed by atoms with Crippen molar-refractivity contribution >= 4 is 55.6 Å². The van der Waals surface area contributed by atoms with Crippen molar-refractivity contribution in [2.24, 2.45) is 4.99 Å². The molecule has 0 fully saturated rings. The van der Waals surface area contributed by atoms with Crippen molar-refractivity contribution in [3.8, 4) is 5.75 Å². The van der Waals surface area contributed by atoms with E-state index in [-0.39, 0.29) is 24.0 Å². The van der Waals surface area contributed by atoms with Crippen LogP contribution in [0.2, 0.25) is 0 Å². The van der Waals surface area contributed by atoms with Crippen LogP contribution in [0.5, 0.6) is 5.75 Å². The summed E-state index contributed by atoms with van der Waals surface area (Å²) in [6.45, 7) is -0.0985. The minimum atomic E-state index is -0.514.